The number of thiocarbonyl (C=S) groups is 1. The van der Waals surface area contributed by atoms with Crippen LogP contribution >= 0.6 is 12.2 Å². The number of carbonyl (C=O) groups is 1. The molecule has 4 aromatic rings. The molecule has 2 aromatic carbocycles. The van der Waals surface area contributed by atoms with Crippen molar-refractivity contribution in [2.75, 3.05) is 19.0 Å². The first-order chi connectivity index (χ1) is 19.3. The Hall–Kier alpha value is -4.17. The third kappa shape index (κ3) is 5.45. The summed E-state index contributed by atoms with van der Waals surface area (Å²) in [6.07, 6.45) is 2.07. The maximum Gasteiger partial charge on any atom is 0.226 e. The third-order valence-electron chi connectivity index (χ3n) is 7.41. The van der Waals surface area contributed by atoms with E-state index in [-0.39, 0.29) is 24.4 Å². The maximum atomic E-state index is 13.0. The summed E-state index contributed by atoms with van der Waals surface area (Å²) in [5.41, 5.74) is 8.59. The van der Waals surface area contributed by atoms with Gasteiger partial charge in [0, 0.05) is 36.2 Å². The minimum Gasteiger partial charge on any atom is -0.495 e. The number of rotatable bonds is 8. The first-order valence-electron chi connectivity index (χ1n) is 13.4. The number of benzene rings is 2. The molecule has 2 atom stereocenters. The zero-order valence-electron chi connectivity index (χ0n) is 23.6. The van der Waals surface area contributed by atoms with Crippen LogP contribution in [0.2, 0.25) is 0 Å². The number of pyridine rings is 1. The molecule has 206 valence electrons. The number of para-hydroxylation sites is 2. The van der Waals surface area contributed by atoms with Gasteiger partial charge in [0.2, 0.25) is 5.91 Å². The standard InChI is InChI=1S/C32H35N5O2S/c1-20-16-21(2)18-24(17-20)37-22(3)19-25(23(37)4)31-30(27-11-8-9-14-33-27)35-32(40)36(31)15-13-29(38)34-26-10-6-7-12-28(26)39-5/h6-12,14,16-19,30-31H,13,15H2,1-5H3,(H,34,38)(H,35,40). The number of anilines is 1. The fourth-order valence-electron chi connectivity index (χ4n) is 5.73. The second-order valence-electron chi connectivity index (χ2n) is 10.3. The fourth-order valence-corrected chi connectivity index (χ4v) is 6.06. The Kier molecular flexibility index (Phi) is 7.89. The van der Waals surface area contributed by atoms with Crippen molar-refractivity contribution < 1.29 is 9.53 Å². The van der Waals surface area contributed by atoms with E-state index in [0.29, 0.717) is 23.1 Å². The van der Waals surface area contributed by atoms with Gasteiger partial charge in [-0.15, -0.1) is 0 Å². The van der Waals surface area contributed by atoms with E-state index in [1.54, 1.807) is 13.3 Å². The Morgan fingerprint density at radius 2 is 1.75 bits per heavy atom. The number of aromatic nitrogens is 2. The summed E-state index contributed by atoms with van der Waals surface area (Å²) >= 11 is 5.85. The molecule has 1 saturated heterocycles. The molecule has 7 nitrogen and oxygen atoms in total. The van der Waals surface area contributed by atoms with Crippen molar-refractivity contribution in [3.8, 4) is 11.4 Å². The average molecular weight is 554 g/mol. The van der Waals surface area contributed by atoms with E-state index >= 15 is 0 Å². The van der Waals surface area contributed by atoms with Gasteiger partial charge in [-0.1, -0.05) is 24.3 Å². The first kappa shape index (κ1) is 27.4. The Morgan fingerprint density at radius 1 is 1.02 bits per heavy atom. The number of carbonyl (C=O) groups excluding carboxylic acids is 1. The normalized spacial score (nSPS) is 16.6. The van der Waals surface area contributed by atoms with Crippen molar-refractivity contribution >= 4 is 28.9 Å². The highest BCUT2D eigenvalue weighted by atomic mass is 32.1. The average Bonchev–Trinajstić information content (AvgIpc) is 3.41. The van der Waals surface area contributed by atoms with Crippen LogP contribution in [0.4, 0.5) is 5.69 Å². The fraction of sp³-hybridized carbons (Fsp3) is 0.281. The van der Waals surface area contributed by atoms with E-state index in [0.717, 1.165) is 28.3 Å². The Morgan fingerprint density at radius 3 is 2.45 bits per heavy atom. The Labute approximate surface area is 241 Å². The smallest absolute Gasteiger partial charge is 0.226 e. The molecule has 0 saturated carbocycles. The second-order valence-corrected chi connectivity index (χ2v) is 10.7. The molecule has 0 bridgehead atoms. The maximum absolute atomic E-state index is 13.0. The lowest BCUT2D eigenvalue weighted by molar-refractivity contribution is -0.116. The molecule has 5 rings (SSSR count). The van der Waals surface area contributed by atoms with Gasteiger partial charge in [-0.25, -0.2) is 0 Å². The van der Waals surface area contributed by atoms with Gasteiger partial charge >= 0.3 is 0 Å². The van der Waals surface area contributed by atoms with Crippen LogP contribution in [0.15, 0.2) is 72.9 Å². The van der Waals surface area contributed by atoms with E-state index < -0.39 is 0 Å². The number of hydrogen-bond acceptors (Lipinski definition) is 4. The van der Waals surface area contributed by atoms with Gasteiger partial charge in [-0.2, -0.15) is 0 Å². The largest absolute Gasteiger partial charge is 0.495 e. The highest BCUT2D eigenvalue weighted by Crippen LogP contribution is 2.41. The van der Waals surface area contributed by atoms with Gasteiger partial charge in [0.15, 0.2) is 5.11 Å². The molecule has 1 fully saturated rings. The lowest BCUT2D eigenvalue weighted by Gasteiger charge is -2.28. The molecule has 40 heavy (non-hydrogen) atoms. The van der Waals surface area contributed by atoms with Crippen LogP contribution in [-0.2, 0) is 4.79 Å². The van der Waals surface area contributed by atoms with Gasteiger partial charge in [0.05, 0.1) is 30.6 Å². The highest BCUT2D eigenvalue weighted by molar-refractivity contribution is 7.80. The topological polar surface area (TPSA) is 71.4 Å². The summed E-state index contributed by atoms with van der Waals surface area (Å²) in [5.74, 6) is 0.522. The third-order valence-corrected chi connectivity index (χ3v) is 7.76. The molecular weight excluding hydrogens is 518 g/mol. The number of nitrogens with zero attached hydrogens (tertiary/aromatic N) is 3. The molecule has 0 radical (unpaired) electrons. The van der Waals surface area contributed by atoms with Crippen LogP contribution in [0.3, 0.4) is 0 Å². The SMILES string of the molecule is COc1ccccc1NC(=O)CCN1C(=S)NC(c2ccccn2)C1c1cc(C)n(-c2cc(C)cc(C)c2)c1C. The van der Waals surface area contributed by atoms with Crippen LogP contribution in [-0.4, -0.2) is 39.1 Å². The zero-order valence-corrected chi connectivity index (χ0v) is 24.4. The molecule has 1 aliphatic rings. The molecule has 1 amide bonds. The van der Waals surface area contributed by atoms with Crippen molar-refractivity contribution in [2.45, 2.75) is 46.2 Å². The van der Waals surface area contributed by atoms with Gasteiger partial charge in [-0.3, -0.25) is 9.78 Å². The predicted octanol–water partition coefficient (Wildman–Crippen LogP) is 6.12. The molecule has 0 aliphatic carbocycles. The van der Waals surface area contributed by atoms with Crippen LogP contribution in [0.5, 0.6) is 5.75 Å². The van der Waals surface area contributed by atoms with E-state index in [9.17, 15) is 4.79 Å². The molecule has 8 heteroatoms. The number of nitrogens with one attached hydrogen (secondary N) is 2. The zero-order chi connectivity index (χ0) is 28.4. The summed E-state index contributed by atoms with van der Waals surface area (Å²) in [6, 6.07) is 21.9. The second kappa shape index (κ2) is 11.5. The minimum atomic E-state index is -0.154. The van der Waals surface area contributed by atoms with Crippen molar-refractivity contribution in [1.29, 1.82) is 0 Å². The molecule has 2 unspecified atom stereocenters. The minimum absolute atomic E-state index is 0.104. The molecule has 1 aliphatic heterocycles. The monoisotopic (exact) mass is 553 g/mol. The number of methoxy groups -OCH3 is 1. The molecular formula is C32H35N5O2S. The summed E-state index contributed by atoms with van der Waals surface area (Å²) in [5, 5.41) is 7.10. The van der Waals surface area contributed by atoms with E-state index in [2.05, 4.69) is 77.0 Å². The van der Waals surface area contributed by atoms with Crippen molar-refractivity contribution in [2.24, 2.45) is 0 Å². The van der Waals surface area contributed by atoms with Gasteiger partial charge < -0.3 is 24.8 Å². The predicted molar refractivity (Wildman–Crippen MR) is 163 cm³/mol. The number of amides is 1. The van der Waals surface area contributed by atoms with E-state index in [1.807, 2.05) is 42.5 Å². The summed E-state index contributed by atoms with van der Waals surface area (Å²) < 4.78 is 7.70. The van der Waals surface area contributed by atoms with Crippen LogP contribution in [0.25, 0.3) is 5.69 Å². The lowest BCUT2D eigenvalue weighted by atomic mass is 9.96. The first-order valence-corrected chi connectivity index (χ1v) is 13.9. The quantitative estimate of drug-likeness (QED) is 0.256. The Bertz CT molecular complexity index is 1530. The van der Waals surface area contributed by atoms with Gasteiger partial charge in [0.1, 0.15) is 5.75 Å². The molecule has 3 heterocycles. The van der Waals surface area contributed by atoms with E-state index in [4.69, 9.17) is 17.0 Å². The van der Waals surface area contributed by atoms with E-state index in [1.165, 1.54) is 11.1 Å². The highest BCUT2D eigenvalue weighted by Gasteiger charge is 2.41. The molecule has 0 spiro atoms. The van der Waals surface area contributed by atoms with Crippen molar-refractivity contribution in [3.63, 3.8) is 0 Å². The summed E-state index contributed by atoms with van der Waals surface area (Å²) in [4.78, 5) is 19.8. The van der Waals surface area contributed by atoms with Crippen molar-refractivity contribution in [1.82, 2.24) is 19.8 Å². The summed E-state index contributed by atoms with van der Waals surface area (Å²) in [7, 11) is 1.59. The molecule has 2 N–H and O–H groups in total. The number of ether oxygens (including phenoxy) is 1. The van der Waals surface area contributed by atoms with Crippen molar-refractivity contribution in [3.05, 3.63) is 107 Å². The summed E-state index contributed by atoms with van der Waals surface area (Å²) in [6.45, 7) is 8.99. The number of aryl methyl sites for hydroxylation is 3. The van der Waals surface area contributed by atoms with Crippen LogP contribution < -0.4 is 15.4 Å². The van der Waals surface area contributed by atoms with Crippen LogP contribution in [0.1, 0.15) is 52.3 Å². The van der Waals surface area contributed by atoms with Crippen LogP contribution in [0, 0.1) is 27.7 Å². The van der Waals surface area contributed by atoms with Gasteiger partial charge in [-0.05, 0) is 99.1 Å². The molecule has 2 aromatic heterocycles. The lowest BCUT2D eigenvalue weighted by Crippen LogP contribution is -2.33. The Balaban J connectivity index is 1.48. The number of hydrogen-bond donors (Lipinski definition) is 2. The van der Waals surface area contributed by atoms with Gasteiger partial charge in [0.25, 0.3) is 0 Å².